The molecule has 3 aromatic rings. The highest BCUT2D eigenvalue weighted by Crippen LogP contribution is 2.26. The topological polar surface area (TPSA) is 67.2 Å². The summed E-state index contributed by atoms with van der Waals surface area (Å²) < 4.78 is 1.83. The van der Waals surface area contributed by atoms with Crippen LogP contribution in [0.4, 0.5) is 11.4 Å². The van der Waals surface area contributed by atoms with Gasteiger partial charge in [-0.05, 0) is 47.9 Å². The molecule has 1 aromatic heterocycles. The Bertz CT molecular complexity index is 996. The molecule has 1 saturated heterocycles. The average molecular weight is 388 g/mol. The second-order valence-corrected chi connectivity index (χ2v) is 7.32. The first-order valence-electron chi connectivity index (χ1n) is 9.89. The van der Waals surface area contributed by atoms with Gasteiger partial charge in [-0.1, -0.05) is 31.2 Å². The summed E-state index contributed by atoms with van der Waals surface area (Å²) in [5.74, 6) is -0.493. The molecule has 1 aliphatic heterocycles. The van der Waals surface area contributed by atoms with Crippen LogP contribution in [0, 0.1) is 5.92 Å². The van der Waals surface area contributed by atoms with Crippen molar-refractivity contribution < 1.29 is 9.59 Å². The van der Waals surface area contributed by atoms with E-state index in [9.17, 15) is 9.59 Å². The maximum Gasteiger partial charge on any atom is 0.229 e. The number of benzene rings is 2. The maximum atomic E-state index is 12.8. The summed E-state index contributed by atoms with van der Waals surface area (Å²) in [6, 6.07) is 17.6. The molecule has 0 bridgehead atoms. The second-order valence-electron chi connectivity index (χ2n) is 7.32. The molecule has 2 heterocycles. The van der Waals surface area contributed by atoms with E-state index in [-0.39, 0.29) is 24.2 Å². The molecule has 0 spiro atoms. The number of carbonyl (C=O) groups is 2. The van der Waals surface area contributed by atoms with Gasteiger partial charge < -0.3 is 10.2 Å². The standard InChI is InChI=1S/C23H24N4O2/c1-2-17-7-9-21(10-8-17)27-16-19(14-22(27)28)23(29)25-20-6-3-5-18(13-20)15-26-12-4-11-24-26/h3-13,19H,2,14-16H2,1H3,(H,25,29). The second kappa shape index (κ2) is 8.31. The van der Waals surface area contributed by atoms with Crippen molar-refractivity contribution in [3.8, 4) is 0 Å². The zero-order valence-electron chi connectivity index (χ0n) is 16.4. The van der Waals surface area contributed by atoms with Crippen LogP contribution < -0.4 is 10.2 Å². The molecule has 1 unspecified atom stereocenters. The lowest BCUT2D eigenvalue weighted by molar-refractivity contribution is -0.122. The van der Waals surface area contributed by atoms with Gasteiger partial charge in [0.25, 0.3) is 0 Å². The minimum Gasteiger partial charge on any atom is -0.326 e. The highest BCUT2D eigenvalue weighted by molar-refractivity contribution is 6.03. The number of anilines is 2. The van der Waals surface area contributed by atoms with Crippen molar-refractivity contribution in [2.24, 2.45) is 5.92 Å². The van der Waals surface area contributed by atoms with Crippen LogP contribution in [0.15, 0.2) is 67.0 Å². The summed E-state index contributed by atoms with van der Waals surface area (Å²) >= 11 is 0. The number of aryl methyl sites for hydroxylation is 1. The fourth-order valence-corrected chi connectivity index (χ4v) is 3.62. The molecular weight excluding hydrogens is 364 g/mol. The molecular formula is C23H24N4O2. The summed E-state index contributed by atoms with van der Waals surface area (Å²) in [4.78, 5) is 26.9. The summed E-state index contributed by atoms with van der Waals surface area (Å²) in [5, 5.41) is 7.17. The third-order valence-electron chi connectivity index (χ3n) is 5.25. The van der Waals surface area contributed by atoms with E-state index in [2.05, 4.69) is 17.3 Å². The van der Waals surface area contributed by atoms with Crippen molar-refractivity contribution in [1.29, 1.82) is 0 Å². The predicted octanol–water partition coefficient (Wildman–Crippen LogP) is 3.49. The van der Waals surface area contributed by atoms with Gasteiger partial charge in [-0.3, -0.25) is 14.3 Å². The van der Waals surface area contributed by atoms with Crippen LogP contribution in [-0.4, -0.2) is 28.1 Å². The third-order valence-corrected chi connectivity index (χ3v) is 5.25. The van der Waals surface area contributed by atoms with Gasteiger partial charge in [0.1, 0.15) is 0 Å². The van der Waals surface area contributed by atoms with Crippen LogP contribution in [0.1, 0.15) is 24.5 Å². The molecule has 0 saturated carbocycles. The van der Waals surface area contributed by atoms with Crippen molar-refractivity contribution >= 4 is 23.2 Å². The van der Waals surface area contributed by atoms with Crippen LogP contribution in [0.25, 0.3) is 0 Å². The van der Waals surface area contributed by atoms with Gasteiger partial charge >= 0.3 is 0 Å². The fraction of sp³-hybridized carbons (Fsp3) is 0.261. The largest absolute Gasteiger partial charge is 0.326 e. The number of nitrogens with one attached hydrogen (secondary N) is 1. The molecule has 1 aliphatic rings. The Kier molecular flexibility index (Phi) is 5.42. The highest BCUT2D eigenvalue weighted by Gasteiger charge is 2.35. The highest BCUT2D eigenvalue weighted by atomic mass is 16.2. The van der Waals surface area contributed by atoms with Crippen LogP contribution in [-0.2, 0) is 22.6 Å². The fourth-order valence-electron chi connectivity index (χ4n) is 3.62. The monoisotopic (exact) mass is 388 g/mol. The van der Waals surface area contributed by atoms with Crippen molar-refractivity contribution in [3.63, 3.8) is 0 Å². The molecule has 148 valence electrons. The molecule has 4 rings (SSSR count). The summed E-state index contributed by atoms with van der Waals surface area (Å²) in [6.07, 6.45) is 4.83. The molecule has 0 aliphatic carbocycles. The Labute approximate surface area is 170 Å². The van der Waals surface area contributed by atoms with Crippen molar-refractivity contribution in [2.45, 2.75) is 26.3 Å². The van der Waals surface area contributed by atoms with E-state index < -0.39 is 0 Å². The van der Waals surface area contributed by atoms with Gasteiger partial charge in [-0.25, -0.2) is 0 Å². The summed E-state index contributed by atoms with van der Waals surface area (Å²) in [7, 11) is 0. The van der Waals surface area contributed by atoms with E-state index in [1.807, 2.05) is 65.5 Å². The minimum atomic E-state index is -0.358. The maximum absolute atomic E-state index is 12.8. The number of rotatable bonds is 6. The van der Waals surface area contributed by atoms with Crippen molar-refractivity contribution in [3.05, 3.63) is 78.1 Å². The van der Waals surface area contributed by atoms with E-state index in [1.165, 1.54) is 5.56 Å². The lowest BCUT2D eigenvalue weighted by Gasteiger charge is -2.17. The smallest absolute Gasteiger partial charge is 0.229 e. The zero-order valence-corrected chi connectivity index (χ0v) is 16.4. The Balaban J connectivity index is 1.40. The van der Waals surface area contributed by atoms with Crippen LogP contribution in [0.2, 0.25) is 0 Å². The number of carbonyl (C=O) groups excluding carboxylic acids is 2. The molecule has 29 heavy (non-hydrogen) atoms. The van der Waals surface area contributed by atoms with Crippen LogP contribution in [0.3, 0.4) is 0 Å². The van der Waals surface area contributed by atoms with Gasteiger partial charge in [0.2, 0.25) is 11.8 Å². The van der Waals surface area contributed by atoms with Crippen molar-refractivity contribution in [2.75, 3.05) is 16.8 Å². The average Bonchev–Trinajstić information content (AvgIpc) is 3.38. The van der Waals surface area contributed by atoms with Gasteiger partial charge in [0, 0.05) is 36.7 Å². The molecule has 1 fully saturated rings. The number of hydrogen-bond acceptors (Lipinski definition) is 3. The Morgan fingerprint density at radius 3 is 2.69 bits per heavy atom. The molecule has 6 heteroatoms. The summed E-state index contributed by atoms with van der Waals surface area (Å²) in [5.41, 5.74) is 3.86. The predicted molar refractivity (Wildman–Crippen MR) is 113 cm³/mol. The van der Waals surface area contributed by atoms with Gasteiger partial charge in [0.05, 0.1) is 12.5 Å². The van der Waals surface area contributed by atoms with Gasteiger partial charge in [0.15, 0.2) is 0 Å². The number of aromatic nitrogens is 2. The van der Waals surface area contributed by atoms with Gasteiger partial charge in [-0.15, -0.1) is 0 Å². The third kappa shape index (κ3) is 4.37. The lowest BCUT2D eigenvalue weighted by Crippen LogP contribution is -2.28. The zero-order chi connectivity index (χ0) is 20.2. The van der Waals surface area contributed by atoms with E-state index in [0.29, 0.717) is 13.1 Å². The van der Waals surface area contributed by atoms with Crippen molar-refractivity contribution in [1.82, 2.24) is 9.78 Å². The molecule has 2 aromatic carbocycles. The Morgan fingerprint density at radius 2 is 1.97 bits per heavy atom. The molecule has 6 nitrogen and oxygen atoms in total. The van der Waals surface area contributed by atoms with E-state index in [1.54, 1.807) is 11.1 Å². The first-order valence-corrected chi connectivity index (χ1v) is 9.89. The molecule has 1 atom stereocenters. The lowest BCUT2D eigenvalue weighted by atomic mass is 10.1. The molecule has 0 radical (unpaired) electrons. The van der Waals surface area contributed by atoms with E-state index in [4.69, 9.17) is 0 Å². The Hall–Kier alpha value is -3.41. The Morgan fingerprint density at radius 1 is 1.14 bits per heavy atom. The molecule has 2 amide bonds. The normalized spacial score (nSPS) is 16.2. The van der Waals surface area contributed by atoms with E-state index >= 15 is 0 Å². The van der Waals surface area contributed by atoms with Crippen LogP contribution in [0.5, 0.6) is 0 Å². The SMILES string of the molecule is CCc1ccc(N2CC(C(=O)Nc3cccc(Cn4cccn4)c3)CC2=O)cc1. The molecule has 1 N–H and O–H groups in total. The first-order chi connectivity index (χ1) is 14.1. The quantitative estimate of drug-likeness (QED) is 0.703. The number of nitrogens with zero attached hydrogens (tertiary/aromatic N) is 3. The number of amides is 2. The number of hydrogen-bond donors (Lipinski definition) is 1. The first kappa shape index (κ1) is 18.9. The van der Waals surface area contributed by atoms with E-state index in [0.717, 1.165) is 23.4 Å². The minimum absolute atomic E-state index is 0.0122. The summed E-state index contributed by atoms with van der Waals surface area (Å²) in [6.45, 7) is 3.14. The van der Waals surface area contributed by atoms with Gasteiger partial charge in [-0.2, -0.15) is 5.10 Å². The van der Waals surface area contributed by atoms with Crippen LogP contribution >= 0.6 is 0 Å².